The summed E-state index contributed by atoms with van der Waals surface area (Å²) in [7, 11) is 5.51. The third-order valence-corrected chi connectivity index (χ3v) is 4.29. The Hall–Kier alpha value is -1.29. The Bertz CT molecular complexity index is 536. The second-order valence-electron chi connectivity index (χ2n) is 5.90. The SMILES string of the molecule is CN=C(NCc1cccn1C)NC1CCN(CC(=O)NC)CC1.I. The van der Waals surface area contributed by atoms with Crippen molar-refractivity contribution in [2.45, 2.75) is 25.4 Å². The van der Waals surface area contributed by atoms with Crippen molar-refractivity contribution in [3.63, 3.8) is 0 Å². The number of aliphatic imine (C=N–C) groups is 1. The molecule has 0 aromatic carbocycles. The molecule has 1 aromatic heterocycles. The normalized spacial score (nSPS) is 16.4. The van der Waals surface area contributed by atoms with Gasteiger partial charge in [-0.25, -0.2) is 0 Å². The quantitative estimate of drug-likeness (QED) is 0.349. The molecule has 0 radical (unpaired) electrons. The zero-order valence-corrected chi connectivity index (χ0v) is 17.0. The molecule has 0 saturated carbocycles. The van der Waals surface area contributed by atoms with Crippen LogP contribution in [0.3, 0.4) is 0 Å². The largest absolute Gasteiger partial charge is 0.358 e. The standard InChI is InChI=1S/C16H28N6O.HI/c1-17-15(23)12-22-9-6-13(7-10-22)20-16(18-2)19-11-14-5-4-8-21(14)3;/h4-5,8,13H,6-7,9-12H2,1-3H3,(H,17,23)(H2,18,19,20);1H. The highest BCUT2D eigenvalue weighted by atomic mass is 127. The van der Waals surface area contributed by atoms with Gasteiger partial charge in [0.1, 0.15) is 0 Å². The average molecular weight is 448 g/mol. The second-order valence-corrected chi connectivity index (χ2v) is 5.90. The molecule has 8 heteroatoms. The van der Waals surface area contributed by atoms with Crippen molar-refractivity contribution in [3.8, 4) is 0 Å². The summed E-state index contributed by atoms with van der Waals surface area (Å²) in [6.45, 7) is 3.10. The van der Waals surface area contributed by atoms with Gasteiger partial charge < -0.3 is 20.5 Å². The first-order valence-electron chi connectivity index (χ1n) is 8.12. The third-order valence-electron chi connectivity index (χ3n) is 4.29. The maximum absolute atomic E-state index is 11.4. The molecule has 1 aliphatic rings. The number of nitrogens with zero attached hydrogens (tertiary/aromatic N) is 3. The van der Waals surface area contributed by atoms with Crippen LogP contribution in [-0.4, -0.2) is 61.1 Å². The van der Waals surface area contributed by atoms with Gasteiger partial charge in [-0.05, 0) is 25.0 Å². The fourth-order valence-corrected chi connectivity index (χ4v) is 2.76. The summed E-state index contributed by atoms with van der Waals surface area (Å²) < 4.78 is 2.09. The summed E-state index contributed by atoms with van der Waals surface area (Å²) in [5.41, 5.74) is 1.22. The zero-order chi connectivity index (χ0) is 16.7. The fourth-order valence-electron chi connectivity index (χ4n) is 2.76. The maximum atomic E-state index is 11.4. The Kier molecular flexibility index (Phi) is 9.12. The van der Waals surface area contributed by atoms with Gasteiger partial charge in [-0.15, -0.1) is 24.0 Å². The van der Waals surface area contributed by atoms with Crippen LogP contribution in [-0.2, 0) is 18.4 Å². The molecular formula is C16H29IN6O. The third kappa shape index (κ3) is 6.31. The number of guanidine groups is 1. The number of likely N-dealkylation sites (N-methyl/N-ethyl adjacent to an activating group) is 1. The van der Waals surface area contributed by atoms with Crippen LogP contribution in [0.5, 0.6) is 0 Å². The summed E-state index contributed by atoms with van der Waals surface area (Å²) in [4.78, 5) is 17.9. The number of aryl methyl sites for hydroxylation is 1. The molecule has 0 aliphatic carbocycles. The fraction of sp³-hybridized carbons (Fsp3) is 0.625. The van der Waals surface area contributed by atoms with Crippen LogP contribution in [0.15, 0.2) is 23.3 Å². The Morgan fingerprint density at radius 2 is 2.08 bits per heavy atom. The summed E-state index contributed by atoms with van der Waals surface area (Å²) in [5.74, 6) is 0.910. The van der Waals surface area contributed by atoms with Gasteiger partial charge in [0.05, 0.1) is 13.1 Å². The molecule has 24 heavy (non-hydrogen) atoms. The van der Waals surface area contributed by atoms with Crippen molar-refractivity contribution in [1.82, 2.24) is 25.4 Å². The van der Waals surface area contributed by atoms with Gasteiger partial charge in [-0.2, -0.15) is 0 Å². The van der Waals surface area contributed by atoms with E-state index >= 15 is 0 Å². The number of likely N-dealkylation sites (tertiary alicyclic amines) is 1. The van der Waals surface area contributed by atoms with E-state index < -0.39 is 0 Å². The summed E-state index contributed by atoms with van der Waals surface area (Å²) in [5, 5.41) is 9.50. The molecule has 0 atom stereocenters. The van der Waals surface area contributed by atoms with E-state index in [-0.39, 0.29) is 29.9 Å². The maximum Gasteiger partial charge on any atom is 0.233 e. The minimum absolute atomic E-state index is 0. The first-order valence-corrected chi connectivity index (χ1v) is 8.12. The number of nitrogens with one attached hydrogen (secondary N) is 3. The molecule has 1 saturated heterocycles. The van der Waals surface area contributed by atoms with E-state index in [4.69, 9.17) is 0 Å². The lowest BCUT2D eigenvalue weighted by molar-refractivity contribution is -0.122. The van der Waals surface area contributed by atoms with Crippen molar-refractivity contribution in [2.75, 3.05) is 33.7 Å². The lowest BCUT2D eigenvalue weighted by Crippen LogP contribution is -2.49. The lowest BCUT2D eigenvalue weighted by Gasteiger charge is -2.32. The van der Waals surface area contributed by atoms with Crippen molar-refractivity contribution in [2.24, 2.45) is 12.0 Å². The number of halogens is 1. The van der Waals surface area contributed by atoms with Crippen LogP contribution < -0.4 is 16.0 Å². The number of amides is 1. The number of hydrogen-bond donors (Lipinski definition) is 3. The molecule has 1 aromatic rings. The molecule has 0 bridgehead atoms. The lowest BCUT2D eigenvalue weighted by atomic mass is 10.1. The topological polar surface area (TPSA) is 73.7 Å². The van der Waals surface area contributed by atoms with Crippen LogP contribution in [0.4, 0.5) is 0 Å². The van der Waals surface area contributed by atoms with Crippen LogP contribution in [0.25, 0.3) is 0 Å². The van der Waals surface area contributed by atoms with Gasteiger partial charge in [0.2, 0.25) is 5.91 Å². The number of carbonyl (C=O) groups is 1. The van der Waals surface area contributed by atoms with E-state index in [1.54, 1.807) is 14.1 Å². The van der Waals surface area contributed by atoms with Gasteiger partial charge >= 0.3 is 0 Å². The molecule has 0 unspecified atom stereocenters. The number of carbonyl (C=O) groups excluding carboxylic acids is 1. The van der Waals surface area contributed by atoms with E-state index in [1.807, 2.05) is 19.3 Å². The molecule has 2 heterocycles. The summed E-state index contributed by atoms with van der Waals surface area (Å²) >= 11 is 0. The first-order chi connectivity index (χ1) is 11.1. The molecule has 136 valence electrons. The molecular weight excluding hydrogens is 419 g/mol. The van der Waals surface area contributed by atoms with E-state index in [9.17, 15) is 4.79 Å². The molecule has 0 spiro atoms. The Morgan fingerprint density at radius 3 is 2.62 bits per heavy atom. The Balaban J connectivity index is 0.00000288. The number of hydrogen-bond acceptors (Lipinski definition) is 3. The molecule has 1 amide bonds. The van der Waals surface area contributed by atoms with Crippen LogP contribution in [0.2, 0.25) is 0 Å². The average Bonchev–Trinajstić information content (AvgIpc) is 2.98. The minimum atomic E-state index is 0. The Morgan fingerprint density at radius 1 is 1.38 bits per heavy atom. The predicted octanol–water partition coefficient (Wildman–Crippen LogP) is 0.518. The number of aromatic nitrogens is 1. The molecule has 1 aliphatic heterocycles. The minimum Gasteiger partial charge on any atom is -0.358 e. The van der Waals surface area contributed by atoms with Crippen molar-refractivity contribution in [3.05, 3.63) is 24.0 Å². The molecule has 1 fully saturated rings. The summed E-state index contributed by atoms with van der Waals surface area (Å²) in [6, 6.07) is 4.53. The molecule has 3 N–H and O–H groups in total. The van der Waals surface area contributed by atoms with Gasteiger partial charge in [-0.1, -0.05) is 0 Å². The number of rotatable bonds is 5. The number of piperidine rings is 1. The predicted molar refractivity (Wildman–Crippen MR) is 108 cm³/mol. The van der Waals surface area contributed by atoms with Crippen LogP contribution in [0, 0.1) is 0 Å². The Labute approximate surface area is 161 Å². The van der Waals surface area contributed by atoms with E-state index in [1.165, 1.54) is 5.69 Å². The van der Waals surface area contributed by atoms with Gasteiger partial charge in [0.25, 0.3) is 0 Å². The van der Waals surface area contributed by atoms with Crippen LogP contribution >= 0.6 is 24.0 Å². The van der Waals surface area contributed by atoms with E-state index in [2.05, 4.69) is 36.5 Å². The van der Waals surface area contributed by atoms with Crippen molar-refractivity contribution < 1.29 is 4.79 Å². The van der Waals surface area contributed by atoms with Gasteiger partial charge in [-0.3, -0.25) is 14.7 Å². The highest BCUT2D eigenvalue weighted by Gasteiger charge is 2.21. The first kappa shape index (κ1) is 20.8. The highest BCUT2D eigenvalue weighted by Crippen LogP contribution is 2.09. The monoisotopic (exact) mass is 448 g/mol. The van der Waals surface area contributed by atoms with Gasteiger partial charge in [0.15, 0.2) is 5.96 Å². The van der Waals surface area contributed by atoms with Gasteiger partial charge in [0, 0.05) is 52.2 Å². The summed E-state index contributed by atoms with van der Waals surface area (Å²) in [6.07, 6.45) is 4.07. The van der Waals surface area contributed by atoms with E-state index in [0.29, 0.717) is 12.6 Å². The van der Waals surface area contributed by atoms with Crippen LogP contribution in [0.1, 0.15) is 18.5 Å². The van der Waals surface area contributed by atoms with E-state index in [0.717, 1.165) is 38.4 Å². The zero-order valence-electron chi connectivity index (χ0n) is 14.7. The highest BCUT2D eigenvalue weighted by molar-refractivity contribution is 14.0. The second kappa shape index (κ2) is 10.5. The van der Waals surface area contributed by atoms with Crippen molar-refractivity contribution >= 4 is 35.8 Å². The van der Waals surface area contributed by atoms with Crippen molar-refractivity contribution in [1.29, 1.82) is 0 Å². The molecule has 7 nitrogen and oxygen atoms in total. The smallest absolute Gasteiger partial charge is 0.233 e. The molecule has 2 rings (SSSR count).